The maximum Gasteiger partial charge on any atom is 0.237 e. The summed E-state index contributed by atoms with van der Waals surface area (Å²) in [6.45, 7) is 12.2. The van der Waals surface area contributed by atoms with Gasteiger partial charge in [-0.05, 0) is 61.2 Å². The molecule has 4 heteroatoms. The van der Waals surface area contributed by atoms with E-state index in [2.05, 4.69) is 36.4 Å². The fraction of sp³-hybridized carbons (Fsp3) is 0.923. The summed E-state index contributed by atoms with van der Waals surface area (Å²) < 4.78 is 0. The highest BCUT2D eigenvalue weighted by molar-refractivity contribution is 5.81. The molecule has 0 fully saturated rings. The van der Waals surface area contributed by atoms with Crippen LogP contribution in [-0.2, 0) is 4.79 Å². The molecule has 0 aromatic rings. The minimum Gasteiger partial charge on any atom is -0.353 e. The molecule has 0 aromatic heterocycles. The molecule has 0 rings (SSSR count). The predicted octanol–water partition coefficient (Wildman–Crippen LogP) is 1.22. The first-order valence-corrected chi connectivity index (χ1v) is 6.58. The van der Waals surface area contributed by atoms with Crippen molar-refractivity contribution in [1.82, 2.24) is 15.5 Å². The fourth-order valence-electron chi connectivity index (χ4n) is 1.41. The van der Waals surface area contributed by atoms with Crippen LogP contribution in [0.5, 0.6) is 0 Å². The van der Waals surface area contributed by atoms with Crippen LogP contribution in [-0.4, -0.2) is 49.1 Å². The van der Waals surface area contributed by atoms with Crippen molar-refractivity contribution >= 4 is 5.91 Å². The van der Waals surface area contributed by atoms with Gasteiger partial charge < -0.3 is 15.5 Å². The first-order chi connectivity index (χ1) is 7.84. The van der Waals surface area contributed by atoms with Gasteiger partial charge in [0.2, 0.25) is 5.91 Å². The van der Waals surface area contributed by atoms with Gasteiger partial charge in [-0.2, -0.15) is 0 Å². The van der Waals surface area contributed by atoms with E-state index >= 15 is 0 Å². The van der Waals surface area contributed by atoms with Crippen molar-refractivity contribution in [1.29, 1.82) is 0 Å². The van der Waals surface area contributed by atoms with Gasteiger partial charge in [0.25, 0.3) is 0 Å². The fourth-order valence-corrected chi connectivity index (χ4v) is 1.41. The molecule has 0 radical (unpaired) electrons. The Hall–Kier alpha value is -0.610. The molecule has 0 aliphatic heterocycles. The first kappa shape index (κ1) is 16.4. The zero-order valence-corrected chi connectivity index (χ0v) is 12.2. The predicted molar refractivity (Wildman–Crippen MR) is 73.1 cm³/mol. The molecule has 1 amide bonds. The highest BCUT2D eigenvalue weighted by Gasteiger charge is 2.12. The minimum atomic E-state index is -0.109. The maximum atomic E-state index is 11.6. The van der Waals surface area contributed by atoms with Gasteiger partial charge in [-0.25, -0.2) is 0 Å². The second-order valence-electron chi connectivity index (χ2n) is 5.27. The number of carbonyl (C=O) groups excluding carboxylic acids is 1. The van der Waals surface area contributed by atoms with E-state index in [4.69, 9.17) is 0 Å². The third kappa shape index (κ3) is 8.16. The van der Waals surface area contributed by atoms with Crippen molar-refractivity contribution in [2.24, 2.45) is 0 Å². The molecular weight excluding hydrogens is 214 g/mol. The van der Waals surface area contributed by atoms with Crippen LogP contribution in [0.2, 0.25) is 0 Å². The second kappa shape index (κ2) is 8.48. The number of nitrogens with zero attached hydrogens (tertiary/aromatic N) is 1. The monoisotopic (exact) mass is 243 g/mol. The van der Waals surface area contributed by atoms with Gasteiger partial charge in [0.05, 0.1) is 6.04 Å². The Labute approximate surface area is 106 Å². The summed E-state index contributed by atoms with van der Waals surface area (Å²) in [6, 6.07) is 0.678. The van der Waals surface area contributed by atoms with E-state index in [-0.39, 0.29) is 18.0 Å². The Balaban J connectivity index is 3.64. The van der Waals surface area contributed by atoms with E-state index in [0.29, 0.717) is 6.04 Å². The van der Waals surface area contributed by atoms with Crippen molar-refractivity contribution in [3.8, 4) is 0 Å². The summed E-state index contributed by atoms with van der Waals surface area (Å²) in [5, 5.41) is 6.14. The Morgan fingerprint density at radius 3 is 2.24 bits per heavy atom. The molecule has 102 valence electrons. The summed E-state index contributed by atoms with van der Waals surface area (Å²) in [4.78, 5) is 13.9. The van der Waals surface area contributed by atoms with Gasteiger partial charge in [0.15, 0.2) is 0 Å². The topological polar surface area (TPSA) is 44.4 Å². The molecule has 0 aliphatic carbocycles. The van der Waals surface area contributed by atoms with Crippen LogP contribution in [0.1, 0.15) is 41.0 Å². The van der Waals surface area contributed by atoms with E-state index in [0.717, 1.165) is 19.5 Å². The third-order valence-corrected chi connectivity index (χ3v) is 2.84. The maximum absolute atomic E-state index is 11.6. The molecule has 1 unspecified atom stereocenters. The molecule has 0 saturated carbocycles. The van der Waals surface area contributed by atoms with E-state index in [9.17, 15) is 4.79 Å². The molecule has 0 saturated heterocycles. The number of hydrogen-bond donors (Lipinski definition) is 2. The summed E-state index contributed by atoms with van der Waals surface area (Å²) in [5.41, 5.74) is 0. The summed E-state index contributed by atoms with van der Waals surface area (Å²) >= 11 is 0. The van der Waals surface area contributed by atoms with Crippen LogP contribution in [0, 0.1) is 0 Å². The number of hydrogen-bond acceptors (Lipinski definition) is 3. The van der Waals surface area contributed by atoms with Crippen molar-refractivity contribution in [3.63, 3.8) is 0 Å². The van der Waals surface area contributed by atoms with Crippen LogP contribution in [0.3, 0.4) is 0 Å². The third-order valence-electron chi connectivity index (χ3n) is 2.84. The lowest BCUT2D eigenvalue weighted by Gasteiger charge is -2.21. The molecule has 0 bridgehead atoms. The van der Waals surface area contributed by atoms with Crippen molar-refractivity contribution in [2.45, 2.75) is 59.2 Å². The first-order valence-electron chi connectivity index (χ1n) is 6.58. The van der Waals surface area contributed by atoms with Gasteiger partial charge in [0, 0.05) is 12.1 Å². The van der Waals surface area contributed by atoms with E-state index < -0.39 is 0 Å². The number of amides is 1. The van der Waals surface area contributed by atoms with E-state index in [1.165, 1.54) is 0 Å². The average molecular weight is 243 g/mol. The van der Waals surface area contributed by atoms with Crippen LogP contribution >= 0.6 is 0 Å². The van der Waals surface area contributed by atoms with Crippen molar-refractivity contribution in [3.05, 3.63) is 0 Å². The SMILES string of the molecule is CC(C)NC(=O)C(C)NCCCN(C)C(C)C. The van der Waals surface area contributed by atoms with Gasteiger partial charge in [-0.1, -0.05) is 0 Å². The molecule has 0 aliphatic rings. The molecule has 0 aromatic carbocycles. The van der Waals surface area contributed by atoms with Gasteiger partial charge >= 0.3 is 0 Å². The number of rotatable bonds is 8. The van der Waals surface area contributed by atoms with Crippen molar-refractivity contribution in [2.75, 3.05) is 20.1 Å². The summed E-state index contributed by atoms with van der Waals surface area (Å²) in [6.07, 6.45) is 1.06. The highest BCUT2D eigenvalue weighted by Crippen LogP contribution is 1.94. The Kier molecular flexibility index (Phi) is 8.17. The normalized spacial score (nSPS) is 13.5. The standard InChI is InChI=1S/C13H29N3O/c1-10(2)15-13(17)12(5)14-8-7-9-16(6)11(3)4/h10-12,14H,7-9H2,1-6H3,(H,15,17). The van der Waals surface area contributed by atoms with Crippen LogP contribution in [0.4, 0.5) is 0 Å². The van der Waals surface area contributed by atoms with E-state index in [1.807, 2.05) is 20.8 Å². The van der Waals surface area contributed by atoms with Crippen LogP contribution < -0.4 is 10.6 Å². The van der Waals surface area contributed by atoms with Gasteiger partial charge in [0.1, 0.15) is 0 Å². The molecular formula is C13H29N3O. The summed E-state index contributed by atoms with van der Waals surface area (Å²) in [5.74, 6) is 0.0808. The van der Waals surface area contributed by atoms with Gasteiger partial charge in [-0.15, -0.1) is 0 Å². The number of carbonyl (C=O) groups is 1. The Bertz CT molecular complexity index is 217. The lowest BCUT2D eigenvalue weighted by molar-refractivity contribution is -0.123. The molecule has 0 spiro atoms. The summed E-state index contributed by atoms with van der Waals surface area (Å²) in [7, 11) is 2.12. The molecule has 4 nitrogen and oxygen atoms in total. The minimum absolute atomic E-state index is 0.0808. The lowest BCUT2D eigenvalue weighted by Crippen LogP contribution is -2.45. The zero-order chi connectivity index (χ0) is 13.4. The average Bonchev–Trinajstić information content (AvgIpc) is 2.22. The number of nitrogens with one attached hydrogen (secondary N) is 2. The largest absolute Gasteiger partial charge is 0.353 e. The Morgan fingerprint density at radius 2 is 1.76 bits per heavy atom. The van der Waals surface area contributed by atoms with Crippen LogP contribution in [0.25, 0.3) is 0 Å². The van der Waals surface area contributed by atoms with Gasteiger partial charge in [-0.3, -0.25) is 4.79 Å². The Morgan fingerprint density at radius 1 is 1.18 bits per heavy atom. The quantitative estimate of drug-likeness (QED) is 0.630. The second-order valence-corrected chi connectivity index (χ2v) is 5.27. The lowest BCUT2D eigenvalue weighted by atomic mass is 10.2. The molecule has 1 atom stereocenters. The smallest absolute Gasteiger partial charge is 0.237 e. The molecule has 17 heavy (non-hydrogen) atoms. The van der Waals surface area contributed by atoms with E-state index in [1.54, 1.807) is 0 Å². The zero-order valence-electron chi connectivity index (χ0n) is 12.2. The van der Waals surface area contributed by atoms with Crippen molar-refractivity contribution < 1.29 is 4.79 Å². The molecule has 2 N–H and O–H groups in total. The highest BCUT2D eigenvalue weighted by atomic mass is 16.2. The van der Waals surface area contributed by atoms with Crippen LogP contribution in [0.15, 0.2) is 0 Å². The molecule has 0 heterocycles.